The predicted octanol–water partition coefficient (Wildman–Crippen LogP) is 2.84. The molecule has 1 unspecified atom stereocenters. The van der Waals surface area contributed by atoms with Crippen LogP contribution in [0.1, 0.15) is 27.2 Å². The summed E-state index contributed by atoms with van der Waals surface area (Å²) >= 11 is 0. The van der Waals surface area contributed by atoms with Crippen LogP contribution < -0.4 is 5.32 Å². The summed E-state index contributed by atoms with van der Waals surface area (Å²) in [7, 11) is 0. The van der Waals surface area contributed by atoms with E-state index in [4.69, 9.17) is 4.74 Å². The fourth-order valence-corrected chi connectivity index (χ4v) is 1.17. The van der Waals surface area contributed by atoms with E-state index in [9.17, 15) is 13.2 Å². The quantitative estimate of drug-likeness (QED) is 0.660. The molecule has 2 nitrogen and oxygen atoms in total. The number of rotatable bonds is 8. The Balaban J connectivity index is 3.35. The van der Waals surface area contributed by atoms with Crippen molar-refractivity contribution < 1.29 is 17.9 Å². The lowest BCUT2D eigenvalue weighted by Gasteiger charge is -2.14. The molecule has 0 spiro atoms. The molecule has 0 heterocycles. The zero-order valence-electron chi connectivity index (χ0n) is 10.2. The third-order valence-corrected chi connectivity index (χ3v) is 2.02. The minimum Gasteiger partial charge on any atom is -0.381 e. The summed E-state index contributed by atoms with van der Waals surface area (Å²) in [6, 6.07) is 0. The van der Waals surface area contributed by atoms with Crippen LogP contribution >= 0.6 is 0 Å². The van der Waals surface area contributed by atoms with Crippen molar-refractivity contribution in [2.24, 2.45) is 11.8 Å². The van der Waals surface area contributed by atoms with Crippen LogP contribution in [0.5, 0.6) is 0 Å². The Morgan fingerprint density at radius 2 is 1.81 bits per heavy atom. The molecule has 0 aromatic heterocycles. The van der Waals surface area contributed by atoms with Crippen molar-refractivity contribution in [2.45, 2.75) is 33.4 Å². The second-order valence-electron chi connectivity index (χ2n) is 4.61. The Hall–Kier alpha value is -0.290. The van der Waals surface area contributed by atoms with Crippen molar-refractivity contribution in [3.05, 3.63) is 0 Å². The average Bonchev–Trinajstić information content (AvgIpc) is 2.10. The number of hydrogen-bond acceptors (Lipinski definition) is 2. The van der Waals surface area contributed by atoms with Gasteiger partial charge in [-0.2, -0.15) is 13.2 Å². The SMILES string of the molecule is CC(C)COCCC(C)CNCC(F)(F)F. The minimum absolute atomic E-state index is 0.203. The molecule has 0 aliphatic carbocycles. The van der Waals surface area contributed by atoms with E-state index in [-0.39, 0.29) is 5.92 Å². The van der Waals surface area contributed by atoms with E-state index in [1.807, 2.05) is 6.92 Å². The summed E-state index contributed by atoms with van der Waals surface area (Å²) in [6.45, 7) is 6.84. The molecule has 0 amide bonds. The first-order chi connectivity index (χ1) is 7.31. The lowest BCUT2D eigenvalue weighted by molar-refractivity contribution is -0.125. The maximum atomic E-state index is 11.8. The highest BCUT2D eigenvalue weighted by molar-refractivity contribution is 4.60. The first-order valence-electron chi connectivity index (χ1n) is 5.66. The second-order valence-corrected chi connectivity index (χ2v) is 4.61. The van der Waals surface area contributed by atoms with Gasteiger partial charge in [0, 0.05) is 13.2 Å². The Morgan fingerprint density at radius 3 is 2.31 bits per heavy atom. The van der Waals surface area contributed by atoms with Crippen LogP contribution in [0.25, 0.3) is 0 Å². The van der Waals surface area contributed by atoms with Gasteiger partial charge >= 0.3 is 6.18 Å². The van der Waals surface area contributed by atoms with E-state index in [0.29, 0.717) is 25.7 Å². The molecule has 0 fully saturated rings. The molecule has 0 saturated heterocycles. The van der Waals surface area contributed by atoms with E-state index in [0.717, 1.165) is 6.42 Å². The van der Waals surface area contributed by atoms with Gasteiger partial charge in [0.15, 0.2) is 0 Å². The van der Waals surface area contributed by atoms with Crippen molar-refractivity contribution in [1.82, 2.24) is 5.32 Å². The van der Waals surface area contributed by atoms with Crippen LogP contribution in [-0.4, -0.2) is 32.5 Å². The van der Waals surface area contributed by atoms with E-state index >= 15 is 0 Å². The highest BCUT2D eigenvalue weighted by atomic mass is 19.4. The molecule has 0 rings (SSSR count). The molecule has 16 heavy (non-hydrogen) atoms. The monoisotopic (exact) mass is 241 g/mol. The lowest BCUT2D eigenvalue weighted by Crippen LogP contribution is -2.32. The summed E-state index contributed by atoms with van der Waals surface area (Å²) in [5.41, 5.74) is 0. The summed E-state index contributed by atoms with van der Waals surface area (Å²) in [5, 5.41) is 2.39. The fraction of sp³-hybridized carbons (Fsp3) is 1.00. The molecule has 1 atom stereocenters. The van der Waals surface area contributed by atoms with Crippen molar-refractivity contribution in [3.63, 3.8) is 0 Å². The molecule has 0 saturated carbocycles. The molecule has 1 N–H and O–H groups in total. The first kappa shape index (κ1) is 15.7. The van der Waals surface area contributed by atoms with Gasteiger partial charge in [0.2, 0.25) is 0 Å². The van der Waals surface area contributed by atoms with E-state index in [1.54, 1.807) is 0 Å². The Morgan fingerprint density at radius 1 is 1.19 bits per heavy atom. The third kappa shape index (κ3) is 11.8. The highest BCUT2D eigenvalue weighted by Gasteiger charge is 2.26. The zero-order chi connectivity index (χ0) is 12.6. The van der Waals surface area contributed by atoms with Gasteiger partial charge in [-0.25, -0.2) is 0 Å². The summed E-state index contributed by atoms with van der Waals surface area (Å²) < 4.78 is 40.8. The largest absolute Gasteiger partial charge is 0.401 e. The van der Waals surface area contributed by atoms with Gasteiger partial charge in [-0.1, -0.05) is 20.8 Å². The maximum Gasteiger partial charge on any atom is 0.401 e. The topological polar surface area (TPSA) is 21.3 Å². The van der Waals surface area contributed by atoms with Crippen LogP contribution in [-0.2, 0) is 4.74 Å². The van der Waals surface area contributed by atoms with Gasteiger partial charge in [-0.15, -0.1) is 0 Å². The van der Waals surface area contributed by atoms with E-state index in [2.05, 4.69) is 19.2 Å². The summed E-state index contributed by atoms with van der Waals surface area (Å²) in [6.07, 6.45) is -3.33. The number of alkyl halides is 3. The van der Waals surface area contributed by atoms with Crippen LogP contribution in [0.15, 0.2) is 0 Å². The van der Waals surface area contributed by atoms with Gasteiger partial charge in [0.1, 0.15) is 0 Å². The fourth-order valence-electron chi connectivity index (χ4n) is 1.17. The van der Waals surface area contributed by atoms with Crippen LogP contribution in [0.3, 0.4) is 0 Å². The molecule has 0 aliphatic rings. The van der Waals surface area contributed by atoms with Gasteiger partial charge < -0.3 is 10.1 Å². The Labute approximate surface area is 95.5 Å². The van der Waals surface area contributed by atoms with Crippen molar-refractivity contribution in [3.8, 4) is 0 Å². The minimum atomic E-state index is -4.12. The number of nitrogens with one attached hydrogen (secondary N) is 1. The molecule has 0 aromatic carbocycles. The molecule has 0 radical (unpaired) electrons. The van der Waals surface area contributed by atoms with Gasteiger partial charge in [-0.05, 0) is 24.8 Å². The Bertz CT molecular complexity index is 171. The molecule has 0 aliphatic heterocycles. The van der Waals surface area contributed by atoms with Gasteiger partial charge in [-0.3, -0.25) is 0 Å². The van der Waals surface area contributed by atoms with Crippen molar-refractivity contribution in [2.75, 3.05) is 26.3 Å². The molecule has 0 aromatic rings. The summed E-state index contributed by atoms with van der Waals surface area (Å²) in [5.74, 6) is 0.702. The maximum absolute atomic E-state index is 11.8. The van der Waals surface area contributed by atoms with Crippen molar-refractivity contribution >= 4 is 0 Å². The average molecular weight is 241 g/mol. The van der Waals surface area contributed by atoms with Gasteiger partial charge in [0.05, 0.1) is 6.54 Å². The van der Waals surface area contributed by atoms with Crippen LogP contribution in [0.2, 0.25) is 0 Å². The molecular formula is C11H22F3NO. The third-order valence-electron chi connectivity index (χ3n) is 2.02. The van der Waals surface area contributed by atoms with E-state index < -0.39 is 12.7 Å². The zero-order valence-corrected chi connectivity index (χ0v) is 10.2. The normalized spacial score (nSPS) is 14.4. The molecular weight excluding hydrogens is 219 g/mol. The number of ether oxygens (including phenoxy) is 1. The molecule has 0 bridgehead atoms. The van der Waals surface area contributed by atoms with Gasteiger partial charge in [0.25, 0.3) is 0 Å². The molecule has 98 valence electrons. The number of halogens is 3. The van der Waals surface area contributed by atoms with Crippen molar-refractivity contribution in [1.29, 1.82) is 0 Å². The predicted molar refractivity (Wildman–Crippen MR) is 58.4 cm³/mol. The second kappa shape index (κ2) is 7.90. The lowest BCUT2D eigenvalue weighted by atomic mass is 10.1. The van der Waals surface area contributed by atoms with Crippen LogP contribution in [0, 0.1) is 11.8 Å². The standard InChI is InChI=1S/C11H22F3NO/c1-9(2)7-16-5-4-10(3)6-15-8-11(12,13)14/h9-10,15H,4-8H2,1-3H3. The Kier molecular flexibility index (Phi) is 7.76. The molecule has 5 heteroatoms. The number of hydrogen-bond donors (Lipinski definition) is 1. The summed E-state index contributed by atoms with van der Waals surface area (Å²) in [4.78, 5) is 0. The van der Waals surface area contributed by atoms with E-state index in [1.165, 1.54) is 0 Å². The highest BCUT2D eigenvalue weighted by Crippen LogP contribution is 2.12. The first-order valence-corrected chi connectivity index (χ1v) is 5.66. The smallest absolute Gasteiger partial charge is 0.381 e. The van der Waals surface area contributed by atoms with Crippen LogP contribution in [0.4, 0.5) is 13.2 Å².